The van der Waals surface area contributed by atoms with Crippen LogP contribution in [0, 0.1) is 0 Å². The molecule has 1 saturated heterocycles. The first-order valence-corrected chi connectivity index (χ1v) is 10.1. The number of amides is 1. The van der Waals surface area contributed by atoms with Crippen molar-refractivity contribution < 1.29 is 19.0 Å². The summed E-state index contributed by atoms with van der Waals surface area (Å²) in [5.41, 5.74) is 0.984. The third-order valence-electron chi connectivity index (χ3n) is 4.59. The highest BCUT2D eigenvalue weighted by molar-refractivity contribution is 5.75. The van der Waals surface area contributed by atoms with Gasteiger partial charge in [0, 0.05) is 32.3 Å². The molecule has 1 amide bonds. The molecule has 1 aromatic heterocycles. The van der Waals surface area contributed by atoms with Gasteiger partial charge < -0.3 is 24.4 Å². The monoisotopic (exact) mass is 399 g/mol. The van der Waals surface area contributed by atoms with Crippen LogP contribution >= 0.6 is 0 Å². The second kappa shape index (κ2) is 11.3. The summed E-state index contributed by atoms with van der Waals surface area (Å²) in [5.74, 6) is 2.39. The Morgan fingerprint density at radius 1 is 1.14 bits per heavy atom. The van der Waals surface area contributed by atoms with Crippen molar-refractivity contribution in [2.24, 2.45) is 0 Å². The highest BCUT2D eigenvalue weighted by Crippen LogP contribution is 2.26. The number of aromatic nitrogens is 1. The molecule has 0 aliphatic carbocycles. The van der Waals surface area contributed by atoms with E-state index < -0.39 is 0 Å². The number of carbonyl (C=O) groups is 1. The van der Waals surface area contributed by atoms with Gasteiger partial charge in [-0.25, -0.2) is 4.98 Å². The Balaban J connectivity index is 1.35. The minimum atomic E-state index is 0.00366. The zero-order valence-electron chi connectivity index (χ0n) is 16.9. The van der Waals surface area contributed by atoms with Crippen LogP contribution in [0.3, 0.4) is 0 Å². The molecule has 0 atom stereocenters. The van der Waals surface area contributed by atoms with Crippen LogP contribution in [0.5, 0.6) is 11.5 Å². The maximum atomic E-state index is 12.1. The standard InChI is InChI=1S/C22H29N3O4/c1-2-28-19-6-3-4-7-20(19)29-13-5-8-22(26)24-17-18-9-10-21(23-16-18)25-11-14-27-15-12-25/h3-4,6-7,9-10,16H,2,5,8,11-15,17H2,1H3,(H,24,26). The molecule has 1 N–H and O–H groups in total. The maximum Gasteiger partial charge on any atom is 0.220 e. The molecule has 2 heterocycles. The van der Waals surface area contributed by atoms with Crippen molar-refractivity contribution in [2.45, 2.75) is 26.3 Å². The molecule has 1 aliphatic rings. The molecule has 0 spiro atoms. The maximum absolute atomic E-state index is 12.1. The molecule has 1 fully saturated rings. The molecule has 2 aromatic rings. The lowest BCUT2D eigenvalue weighted by Crippen LogP contribution is -2.36. The molecule has 3 rings (SSSR count). The SMILES string of the molecule is CCOc1ccccc1OCCCC(=O)NCc1ccc(N2CCOCC2)nc1. The van der Waals surface area contributed by atoms with Crippen LogP contribution in [-0.2, 0) is 16.1 Å². The van der Waals surface area contributed by atoms with Crippen molar-refractivity contribution in [2.75, 3.05) is 44.4 Å². The lowest BCUT2D eigenvalue weighted by Gasteiger charge is -2.27. The molecular formula is C22H29N3O4. The Morgan fingerprint density at radius 2 is 1.90 bits per heavy atom. The van der Waals surface area contributed by atoms with Gasteiger partial charge in [-0.3, -0.25) is 4.79 Å². The van der Waals surface area contributed by atoms with Gasteiger partial charge in [0.15, 0.2) is 11.5 Å². The van der Waals surface area contributed by atoms with Crippen molar-refractivity contribution in [3.8, 4) is 11.5 Å². The summed E-state index contributed by atoms with van der Waals surface area (Å²) in [6, 6.07) is 11.6. The molecule has 7 nitrogen and oxygen atoms in total. The minimum Gasteiger partial charge on any atom is -0.490 e. The van der Waals surface area contributed by atoms with Crippen LogP contribution in [0.25, 0.3) is 0 Å². The van der Waals surface area contributed by atoms with E-state index in [-0.39, 0.29) is 5.91 Å². The summed E-state index contributed by atoms with van der Waals surface area (Å²) in [6.45, 7) is 6.66. The van der Waals surface area contributed by atoms with E-state index in [0.717, 1.165) is 43.4 Å². The van der Waals surface area contributed by atoms with Crippen LogP contribution in [0.2, 0.25) is 0 Å². The average Bonchev–Trinajstić information content (AvgIpc) is 2.77. The van der Waals surface area contributed by atoms with Crippen LogP contribution in [0.4, 0.5) is 5.82 Å². The lowest BCUT2D eigenvalue weighted by molar-refractivity contribution is -0.121. The first kappa shape index (κ1) is 20.9. The number of anilines is 1. The lowest BCUT2D eigenvalue weighted by atomic mass is 10.2. The quantitative estimate of drug-likeness (QED) is 0.620. The fraction of sp³-hybridized carbons (Fsp3) is 0.455. The Morgan fingerprint density at radius 3 is 2.59 bits per heavy atom. The Bertz CT molecular complexity index is 761. The number of benzene rings is 1. The Hall–Kier alpha value is -2.80. The summed E-state index contributed by atoms with van der Waals surface area (Å²) >= 11 is 0. The number of pyridine rings is 1. The minimum absolute atomic E-state index is 0.00366. The molecule has 0 radical (unpaired) electrons. The molecule has 0 unspecified atom stereocenters. The Labute approximate surface area is 172 Å². The van der Waals surface area contributed by atoms with E-state index in [9.17, 15) is 4.79 Å². The number of rotatable bonds is 10. The topological polar surface area (TPSA) is 72.9 Å². The summed E-state index contributed by atoms with van der Waals surface area (Å²) in [7, 11) is 0. The van der Waals surface area contributed by atoms with Crippen molar-refractivity contribution >= 4 is 11.7 Å². The molecule has 1 aromatic carbocycles. The third-order valence-corrected chi connectivity index (χ3v) is 4.59. The van der Waals surface area contributed by atoms with Crippen molar-refractivity contribution in [1.29, 1.82) is 0 Å². The third kappa shape index (κ3) is 6.64. The molecule has 156 valence electrons. The smallest absolute Gasteiger partial charge is 0.220 e. The number of carbonyl (C=O) groups excluding carboxylic acids is 1. The van der Waals surface area contributed by atoms with E-state index in [1.807, 2.05) is 49.5 Å². The summed E-state index contributed by atoms with van der Waals surface area (Å²) < 4.78 is 16.6. The van der Waals surface area contributed by atoms with Crippen molar-refractivity contribution in [3.63, 3.8) is 0 Å². The highest BCUT2D eigenvalue weighted by atomic mass is 16.5. The second-order valence-corrected chi connectivity index (χ2v) is 6.73. The first-order chi connectivity index (χ1) is 14.3. The van der Waals surface area contributed by atoms with E-state index in [1.165, 1.54) is 0 Å². The van der Waals surface area contributed by atoms with Gasteiger partial charge in [0.05, 0.1) is 26.4 Å². The average molecular weight is 399 g/mol. The molecular weight excluding hydrogens is 370 g/mol. The largest absolute Gasteiger partial charge is 0.490 e. The summed E-state index contributed by atoms with van der Waals surface area (Å²) in [6.07, 6.45) is 2.87. The highest BCUT2D eigenvalue weighted by Gasteiger charge is 2.12. The van der Waals surface area contributed by atoms with Crippen molar-refractivity contribution in [1.82, 2.24) is 10.3 Å². The van der Waals surface area contributed by atoms with Crippen LogP contribution in [0.1, 0.15) is 25.3 Å². The van der Waals surface area contributed by atoms with Crippen LogP contribution in [0.15, 0.2) is 42.6 Å². The zero-order chi connectivity index (χ0) is 20.3. The van der Waals surface area contributed by atoms with Crippen LogP contribution < -0.4 is 19.7 Å². The summed E-state index contributed by atoms with van der Waals surface area (Å²) in [4.78, 5) is 18.8. The van der Waals surface area contributed by atoms with Gasteiger partial charge in [-0.1, -0.05) is 18.2 Å². The zero-order valence-corrected chi connectivity index (χ0v) is 16.9. The molecule has 0 bridgehead atoms. The number of nitrogens with one attached hydrogen (secondary N) is 1. The van der Waals surface area contributed by atoms with E-state index >= 15 is 0 Å². The second-order valence-electron chi connectivity index (χ2n) is 6.73. The molecule has 7 heteroatoms. The predicted octanol–water partition coefficient (Wildman–Crippen LogP) is 2.79. The first-order valence-electron chi connectivity index (χ1n) is 10.1. The number of para-hydroxylation sites is 2. The number of ether oxygens (including phenoxy) is 3. The summed E-state index contributed by atoms with van der Waals surface area (Å²) in [5, 5.41) is 2.94. The van der Waals surface area contributed by atoms with E-state index in [1.54, 1.807) is 0 Å². The number of hydrogen-bond donors (Lipinski definition) is 1. The van der Waals surface area contributed by atoms with Gasteiger partial charge in [-0.2, -0.15) is 0 Å². The molecule has 0 saturated carbocycles. The fourth-order valence-corrected chi connectivity index (χ4v) is 3.05. The van der Waals surface area contributed by atoms with E-state index in [0.29, 0.717) is 38.3 Å². The predicted molar refractivity (Wildman–Crippen MR) is 111 cm³/mol. The van der Waals surface area contributed by atoms with E-state index in [2.05, 4.69) is 15.2 Å². The normalized spacial score (nSPS) is 13.8. The Kier molecular flexibility index (Phi) is 8.12. The van der Waals surface area contributed by atoms with Gasteiger partial charge in [-0.15, -0.1) is 0 Å². The molecule has 1 aliphatic heterocycles. The van der Waals surface area contributed by atoms with Gasteiger partial charge >= 0.3 is 0 Å². The molecule has 29 heavy (non-hydrogen) atoms. The number of nitrogens with zero attached hydrogens (tertiary/aromatic N) is 2. The van der Waals surface area contributed by atoms with Gasteiger partial charge in [0.2, 0.25) is 5.91 Å². The van der Waals surface area contributed by atoms with Gasteiger partial charge in [-0.05, 0) is 37.1 Å². The fourth-order valence-electron chi connectivity index (χ4n) is 3.05. The van der Waals surface area contributed by atoms with E-state index in [4.69, 9.17) is 14.2 Å². The van der Waals surface area contributed by atoms with Crippen LogP contribution in [-0.4, -0.2) is 50.4 Å². The van der Waals surface area contributed by atoms with Crippen molar-refractivity contribution in [3.05, 3.63) is 48.2 Å². The van der Waals surface area contributed by atoms with Gasteiger partial charge in [0.25, 0.3) is 0 Å². The van der Waals surface area contributed by atoms with Gasteiger partial charge in [0.1, 0.15) is 5.82 Å². The number of morpholine rings is 1. The number of hydrogen-bond acceptors (Lipinski definition) is 6.